The first-order chi connectivity index (χ1) is 12.9. The van der Waals surface area contributed by atoms with E-state index < -0.39 is 10.0 Å². The lowest BCUT2D eigenvalue weighted by atomic mass is 10.2. The number of hydrogen-bond acceptors (Lipinski definition) is 4. The minimum Gasteiger partial charge on any atom is -0.307 e. The van der Waals surface area contributed by atoms with Crippen LogP contribution < -0.4 is 5.32 Å². The van der Waals surface area contributed by atoms with Gasteiger partial charge in [0.1, 0.15) is 5.82 Å². The van der Waals surface area contributed by atoms with Crippen LogP contribution in [0, 0.1) is 0 Å². The molecule has 1 aromatic heterocycles. The number of carbonyl (C=O) groups excluding carboxylic acids is 1. The summed E-state index contributed by atoms with van der Waals surface area (Å²) >= 11 is 0. The van der Waals surface area contributed by atoms with Gasteiger partial charge in [0.2, 0.25) is 10.0 Å². The van der Waals surface area contributed by atoms with Gasteiger partial charge in [-0.2, -0.15) is 5.10 Å². The number of benzene rings is 2. The van der Waals surface area contributed by atoms with Gasteiger partial charge in [0.25, 0.3) is 5.91 Å². The van der Waals surface area contributed by atoms with Crippen molar-refractivity contribution in [1.82, 2.24) is 14.1 Å². The number of anilines is 1. The van der Waals surface area contributed by atoms with Crippen molar-refractivity contribution in [3.63, 3.8) is 0 Å². The zero-order valence-corrected chi connectivity index (χ0v) is 15.8. The molecule has 1 amide bonds. The van der Waals surface area contributed by atoms with E-state index in [1.54, 1.807) is 16.9 Å². The van der Waals surface area contributed by atoms with Crippen molar-refractivity contribution >= 4 is 21.7 Å². The Hall–Kier alpha value is -2.97. The smallest absolute Gasteiger partial charge is 0.256 e. The lowest BCUT2D eigenvalue weighted by molar-refractivity contribution is 0.102. The summed E-state index contributed by atoms with van der Waals surface area (Å²) in [5.41, 5.74) is 1.43. The van der Waals surface area contributed by atoms with Crippen LogP contribution in [0.4, 0.5) is 5.82 Å². The molecule has 0 saturated carbocycles. The fraction of sp³-hybridized carbons (Fsp3) is 0.158. The van der Waals surface area contributed by atoms with Gasteiger partial charge >= 0.3 is 0 Å². The van der Waals surface area contributed by atoms with Gasteiger partial charge in [0.05, 0.1) is 17.6 Å². The molecular formula is C19H20N4O3S. The van der Waals surface area contributed by atoms with Crippen molar-refractivity contribution in [1.29, 1.82) is 0 Å². The predicted molar refractivity (Wildman–Crippen MR) is 103 cm³/mol. The molecule has 3 aromatic rings. The molecule has 0 spiro atoms. The Morgan fingerprint density at radius 1 is 1.04 bits per heavy atom. The molecule has 0 aliphatic carbocycles. The predicted octanol–water partition coefficient (Wildman–Crippen LogP) is 2.43. The maximum atomic E-state index is 12.5. The van der Waals surface area contributed by atoms with E-state index in [0.717, 1.165) is 9.87 Å². The lowest BCUT2D eigenvalue weighted by Crippen LogP contribution is -2.22. The van der Waals surface area contributed by atoms with Gasteiger partial charge in [-0.1, -0.05) is 30.3 Å². The average Bonchev–Trinajstić information content (AvgIpc) is 3.09. The number of nitrogens with one attached hydrogen (secondary N) is 1. The standard InChI is InChI=1S/C19H20N4O3S/c1-22(2)27(25,26)17-10-8-16(9-11-17)19(24)21-18-12-13-20-23(18)14-15-6-4-3-5-7-15/h3-13H,14H2,1-2H3,(H,21,24). The van der Waals surface area contributed by atoms with Crippen LogP contribution in [-0.4, -0.2) is 42.5 Å². The molecule has 8 heteroatoms. The molecule has 140 valence electrons. The molecule has 1 N–H and O–H groups in total. The Labute approximate surface area is 158 Å². The number of nitrogens with zero attached hydrogens (tertiary/aromatic N) is 3. The Balaban J connectivity index is 1.74. The van der Waals surface area contributed by atoms with Gasteiger partial charge in [0.15, 0.2) is 0 Å². The molecule has 0 bridgehead atoms. The number of rotatable bonds is 6. The van der Waals surface area contributed by atoms with Gasteiger partial charge in [0, 0.05) is 25.7 Å². The summed E-state index contributed by atoms with van der Waals surface area (Å²) in [4.78, 5) is 12.6. The second-order valence-corrected chi connectivity index (χ2v) is 8.28. The second-order valence-electron chi connectivity index (χ2n) is 6.13. The molecule has 3 rings (SSSR count). The number of carbonyl (C=O) groups is 1. The summed E-state index contributed by atoms with van der Waals surface area (Å²) < 4.78 is 27.0. The minimum atomic E-state index is -3.52. The van der Waals surface area contributed by atoms with Crippen molar-refractivity contribution in [3.05, 3.63) is 78.0 Å². The first-order valence-electron chi connectivity index (χ1n) is 8.27. The van der Waals surface area contributed by atoms with Crippen molar-refractivity contribution in [2.75, 3.05) is 19.4 Å². The summed E-state index contributed by atoms with van der Waals surface area (Å²) in [6, 6.07) is 17.3. The number of amides is 1. The quantitative estimate of drug-likeness (QED) is 0.707. The molecule has 0 unspecified atom stereocenters. The third-order valence-electron chi connectivity index (χ3n) is 4.03. The highest BCUT2D eigenvalue weighted by Gasteiger charge is 2.18. The Morgan fingerprint density at radius 2 is 1.70 bits per heavy atom. The largest absolute Gasteiger partial charge is 0.307 e. The van der Waals surface area contributed by atoms with Gasteiger partial charge in [-0.15, -0.1) is 0 Å². The summed E-state index contributed by atoms with van der Waals surface area (Å²) in [5, 5.41) is 7.05. The molecule has 0 aliphatic heterocycles. The molecule has 0 saturated heterocycles. The van der Waals surface area contributed by atoms with Gasteiger partial charge < -0.3 is 5.32 Å². The van der Waals surface area contributed by atoms with Crippen LogP contribution in [-0.2, 0) is 16.6 Å². The van der Waals surface area contributed by atoms with Crippen molar-refractivity contribution in [2.45, 2.75) is 11.4 Å². The van der Waals surface area contributed by atoms with Crippen LogP contribution in [0.25, 0.3) is 0 Å². The summed E-state index contributed by atoms with van der Waals surface area (Å²) in [7, 11) is -0.599. The Kier molecular flexibility index (Phi) is 5.38. The SMILES string of the molecule is CN(C)S(=O)(=O)c1ccc(C(=O)Nc2ccnn2Cc2ccccc2)cc1. The fourth-order valence-corrected chi connectivity index (χ4v) is 3.40. The van der Waals surface area contributed by atoms with Gasteiger partial charge in [-0.05, 0) is 29.8 Å². The van der Waals surface area contributed by atoms with E-state index in [1.165, 1.54) is 38.4 Å². The lowest BCUT2D eigenvalue weighted by Gasteiger charge is -2.12. The van der Waals surface area contributed by atoms with E-state index in [4.69, 9.17) is 0 Å². The number of aromatic nitrogens is 2. The zero-order valence-electron chi connectivity index (χ0n) is 15.0. The maximum absolute atomic E-state index is 12.5. The topological polar surface area (TPSA) is 84.3 Å². The van der Waals surface area contributed by atoms with E-state index in [0.29, 0.717) is 17.9 Å². The second kappa shape index (κ2) is 7.73. The van der Waals surface area contributed by atoms with Gasteiger partial charge in [-0.25, -0.2) is 17.4 Å². The summed E-state index contributed by atoms with van der Waals surface area (Å²) in [6.45, 7) is 0.531. The summed E-state index contributed by atoms with van der Waals surface area (Å²) in [5.74, 6) is 0.229. The maximum Gasteiger partial charge on any atom is 0.256 e. The van der Waals surface area contributed by atoms with E-state index in [1.807, 2.05) is 30.3 Å². The fourth-order valence-electron chi connectivity index (χ4n) is 2.50. The van der Waals surface area contributed by atoms with E-state index in [2.05, 4.69) is 10.4 Å². The zero-order chi connectivity index (χ0) is 19.4. The molecule has 0 aliphatic rings. The van der Waals surface area contributed by atoms with E-state index >= 15 is 0 Å². The molecule has 0 fully saturated rings. The third kappa shape index (κ3) is 4.24. The molecule has 2 aromatic carbocycles. The molecule has 0 radical (unpaired) electrons. The van der Waals surface area contributed by atoms with E-state index in [9.17, 15) is 13.2 Å². The normalized spacial score (nSPS) is 11.5. The first-order valence-corrected chi connectivity index (χ1v) is 9.71. The Morgan fingerprint density at radius 3 is 2.33 bits per heavy atom. The summed E-state index contributed by atoms with van der Waals surface area (Å²) in [6.07, 6.45) is 1.62. The first kappa shape index (κ1) is 18.8. The number of sulfonamides is 1. The molecule has 7 nitrogen and oxygen atoms in total. The third-order valence-corrected chi connectivity index (χ3v) is 5.86. The monoisotopic (exact) mass is 384 g/mol. The molecular weight excluding hydrogens is 364 g/mol. The van der Waals surface area contributed by atoms with Crippen LogP contribution in [0.1, 0.15) is 15.9 Å². The van der Waals surface area contributed by atoms with Crippen LogP contribution in [0.15, 0.2) is 71.8 Å². The average molecular weight is 384 g/mol. The van der Waals surface area contributed by atoms with Gasteiger partial charge in [-0.3, -0.25) is 4.79 Å². The Bertz CT molecular complexity index is 1030. The van der Waals surface area contributed by atoms with E-state index in [-0.39, 0.29) is 10.8 Å². The number of hydrogen-bond donors (Lipinski definition) is 1. The molecule has 0 atom stereocenters. The highest BCUT2D eigenvalue weighted by molar-refractivity contribution is 7.89. The molecule has 27 heavy (non-hydrogen) atoms. The van der Waals surface area contributed by atoms with Crippen LogP contribution in [0.5, 0.6) is 0 Å². The van der Waals surface area contributed by atoms with Crippen LogP contribution >= 0.6 is 0 Å². The van der Waals surface area contributed by atoms with Crippen LogP contribution in [0.2, 0.25) is 0 Å². The minimum absolute atomic E-state index is 0.137. The highest BCUT2D eigenvalue weighted by Crippen LogP contribution is 2.16. The van der Waals surface area contributed by atoms with Crippen LogP contribution in [0.3, 0.4) is 0 Å². The van der Waals surface area contributed by atoms with Crippen molar-refractivity contribution in [3.8, 4) is 0 Å². The van der Waals surface area contributed by atoms with Crippen molar-refractivity contribution in [2.24, 2.45) is 0 Å². The molecule has 1 heterocycles. The van der Waals surface area contributed by atoms with Crippen molar-refractivity contribution < 1.29 is 13.2 Å². The highest BCUT2D eigenvalue weighted by atomic mass is 32.2.